The van der Waals surface area contributed by atoms with E-state index in [9.17, 15) is 8.42 Å². The molecule has 1 heterocycles. The Labute approximate surface area is 126 Å². The van der Waals surface area contributed by atoms with Gasteiger partial charge in [0.15, 0.2) is 0 Å². The number of aromatic nitrogens is 3. The van der Waals surface area contributed by atoms with Crippen molar-refractivity contribution in [1.82, 2.24) is 14.8 Å². The van der Waals surface area contributed by atoms with Gasteiger partial charge in [-0.2, -0.15) is 0 Å². The SMILES string of the molecule is CCCC(CCC)c1nnc(S(=O)(=O)Cl)n1CC(C)C. The summed E-state index contributed by atoms with van der Waals surface area (Å²) in [7, 11) is 1.61. The molecule has 116 valence electrons. The van der Waals surface area contributed by atoms with Crippen molar-refractivity contribution in [1.29, 1.82) is 0 Å². The first-order chi connectivity index (χ1) is 9.31. The van der Waals surface area contributed by atoms with Gasteiger partial charge in [0, 0.05) is 23.1 Å². The van der Waals surface area contributed by atoms with E-state index in [2.05, 4.69) is 24.0 Å². The summed E-state index contributed by atoms with van der Waals surface area (Å²) in [5.74, 6) is 1.29. The van der Waals surface area contributed by atoms with Crippen LogP contribution in [-0.2, 0) is 15.6 Å². The van der Waals surface area contributed by atoms with Crippen molar-refractivity contribution in [2.45, 2.75) is 71.0 Å². The van der Waals surface area contributed by atoms with Crippen LogP contribution < -0.4 is 0 Å². The highest BCUT2D eigenvalue weighted by atomic mass is 35.7. The van der Waals surface area contributed by atoms with Crippen LogP contribution in [0.3, 0.4) is 0 Å². The van der Waals surface area contributed by atoms with Crippen molar-refractivity contribution in [3.8, 4) is 0 Å². The molecule has 0 radical (unpaired) electrons. The Balaban J connectivity index is 3.27. The van der Waals surface area contributed by atoms with E-state index in [1.165, 1.54) is 0 Å². The Morgan fingerprint density at radius 2 is 1.70 bits per heavy atom. The molecule has 20 heavy (non-hydrogen) atoms. The highest BCUT2D eigenvalue weighted by Gasteiger charge is 2.26. The summed E-state index contributed by atoms with van der Waals surface area (Å²) in [6.07, 6.45) is 4.02. The fourth-order valence-electron chi connectivity index (χ4n) is 2.42. The number of hydrogen-bond acceptors (Lipinski definition) is 4. The Morgan fingerprint density at radius 3 is 2.10 bits per heavy atom. The Bertz CT molecular complexity index is 520. The van der Waals surface area contributed by atoms with Crippen LogP contribution in [0.15, 0.2) is 5.16 Å². The molecule has 0 saturated carbocycles. The average Bonchev–Trinajstić information content (AvgIpc) is 2.71. The molecule has 0 aliphatic rings. The summed E-state index contributed by atoms with van der Waals surface area (Å²) >= 11 is 0. The standard InChI is InChI=1S/C13H24ClN3O2S/c1-5-7-11(8-6-2)12-15-16-13(20(14,18)19)17(12)9-10(3)4/h10-11H,5-9H2,1-4H3. The lowest BCUT2D eigenvalue weighted by Gasteiger charge is -2.18. The van der Waals surface area contributed by atoms with Gasteiger partial charge in [0.1, 0.15) is 5.82 Å². The van der Waals surface area contributed by atoms with Gasteiger partial charge in [-0.05, 0) is 18.8 Å². The lowest BCUT2D eigenvalue weighted by Crippen LogP contribution is -2.16. The highest BCUT2D eigenvalue weighted by molar-refractivity contribution is 8.13. The van der Waals surface area contributed by atoms with Crippen molar-refractivity contribution in [2.24, 2.45) is 5.92 Å². The third-order valence-corrected chi connectivity index (χ3v) is 4.30. The fourth-order valence-corrected chi connectivity index (χ4v) is 3.33. The van der Waals surface area contributed by atoms with E-state index >= 15 is 0 Å². The van der Waals surface area contributed by atoms with E-state index in [0.717, 1.165) is 31.5 Å². The summed E-state index contributed by atoms with van der Waals surface area (Å²) in [6.45, 7) is 8.86. The maximum absolute atomic E-state index is 11.6. The predicted octanol–water partition coefficient (Wildman–Crippen LogP) is 3.55. The Hall–Kier alpha value is -0.620. The van der Waals surface area contributed by atoms with E-state index in [1.54, 1.807) is 4.57 Å². The average molecular weight is 322 g/mol. The number of hydrogen-bond donors (Lipinski definition) is 0. The monoisotopic (exact) mass is 321 g/mol. The van der Waals surface area contributed by atoms with Gasteiger partial charge < -0.3 is 4.57 Å². The third-order valence-electron chi connectivity index (χ3n) is 3.15. The van der Waals surface area contributed by atoms with Crippen LogP contribution in [0.5, 0.6) is 0 Å². The van der Waals surface area contributed by atoms with Crippen LogP contribution in [0.2, 0.25) is 0 Å². The van der Waals surface area contributed by atoms with Gasteiger partial charge in [-0.3, -0.25) is 0 Å². The molecule has 0 bridgehead atoms. The summed E-state index contributed by atoms with van der Waals surface area (Å²) in [4.78, 5) is 0. The largest absolute Gasteiger partial charge is 0.300 e. The molecule has 0 aromatic carbocycles. The molecule has 0 aliphatic carbocycles. The molecule has 0 amide bonds. The van der Waals surface area contributed by atoms with E-state index in [4.69, 9.17) is 10.7 Å². The summed E-state index contributed by atoms with van der Waals surface area (Å²) in [5.41, 5.74) is 0. The first kappa shape index (κ1) is 17.4. The Kier molecular flexibility index (Phi) is 6.45. The summed E-state index contributed by atoms with van der Waals surface area (Å²) < 4.78 is 24.9. The van der Waals surface area contributed by atoms with Crippen LogP contribution in [0.1, 0.15) is 65.1 Å². The molecule has 0 aliphatic heterocycles. The molecule has 0 atom stereocenters. The molecule has 5 nitrogen and oxygen atoms in total. The van der Waals surface area contributed by atoms with Crippen molar-refractivity contribution in [2.75, 3.05) is 0 Å². The molecular formula is C13H24ClN3O2S. The van der Waals surface area contributed by atoms with Crippen molar-refractivity contribution >= 4 is 19.7 Å². The molecule has 0 spiro atoms. The minimum atomic E-state index is -3.86. The minimum Gasteiger partial charge on any atom is -0.300 e. The van der Waals surface area contributed by atoms with Crippen LogP contribution in [-0.4, -0.2) is 23.2 Å². The summed E-state index contributed by atoms with van der Waals surface area (Å²) in [5, 5.41) is 7.82. The van der Waals surface area contributed by atoms with E-state index < -0.39 is 9.05 Å². The van der Waals surface area contributed by atoms with Gasteiger partial charge >= 0.3 is 0 Å². The van der Waals surface area contributed by atoms with Crippen molar-refractivity contribution < 1.29 is 8.42 Å². The summed E-state index contributed by atoms with van der Waals surface area (Å²) in [6, 6.07) is 0. The van der Waals surface area contributed by atoms with Crippen LogP contribution in [0.4, 0.5) is 0 Å². The van der Waals surface area contributed by atoms with Crippen LogP contribution in [0, 0.1) is 5.92 Å². The molecule has 1 aromatic rings. The number of rotatable bonds is 8. The topological polar surface area (TPSA) is 64.8 Å². The second-order valence-electron chi connectivity index (χ2n) is 5.56. The molecule has 0 N–H and O–H groups in total. The quantitative estimate of drug-likeness (QED) is 0.687. The van der Waals surface area contributed by atoms with Crippen molar-refractivity contribution in [3.05, 3.63) is 5.82 Å². The first-order valence-electron chi connectivity index (χ1n) is 7.18. The zero-order valence-corrected chi connectivity index (χ0v) is 14.2. The lowest BCUT2D eigenvalue weighted by molar-refractivity contribution is 0.438. The zero-order valence-electron chi connectivity index (χ0n) is 12.6. The van der Waals surface area contributed by atoms with E-state index in [1.807, 2.05) is 13.8 Å². The van der Waals surface area contributed by atoms with Crippen LogP contribution >= 0.6 is 10.7 Å². The minimum absolute atomic E-state index is 0.125. The lowest BCUT2D eigenvalue weighted by atomic mass is 9.97. The highest BCUT2D eigenvalue weighted by Crippen LogP contribution is 2.28. The molecule has 7 heteroatoms. The van der Waals surface area contributed by atoms with Gasteiger partial charge in [0.25, 0.3) is 14.2 Å². The smallest absolute Gasteiger partial charge is 0.296 e. The normalized spacial score (nSPS) is 12.6. The van der Waals surface area contributed by atoms with Gasteiger partial charge in [-0.15, -0.1) is 10.2 Å². The van der Waals surface area contributed by atoms with Crippen molar-refractivity contribution in [3.63, 3.8) is 0 Å². The van der Waals surface area contributed by atoms with Crippen LogP contribution in [0.25, 0.3) is 0 Å². The van der Waals surface area contributed by atoms with Gasteiger partial charge in [0.2, 0.25) is 0 Å². The number of nitrogens with zero attached hydrogens (tertiary/aromatic N) is 3. The van der Waals surface area contributed by atoms with E-state index in [0.29, 0.717) is 12.5 Å². The third kappa shape index (κ3) is 4.45. The molecule has 0 fully saturated rings. The fraction of sp³-hybridized carbons (Fsp3) is 0.846. The maximum atomic E-state index is 11.6. The predicted molar refractivity (Wildman–Crippen MR) is 80.5 cm³/mol. The molecule has 1 rings (SSSR count). The molecule has 0 unspecified atom stereocenters. The van der Waals surface area contributed by atoms with Gasteiger partial charge in [-0.1, -0.05) is 40.5 Å². The number of halogens is 1. The molecule has 1 aromatic heterocycles. The first-order valence-corrected chi connectivity index (χ1v) is 9.49. The molecule has 0 saturated heterocycles. The zero-order chi connectivity index (χ0) is 15.3. The second kappa shape index (κ2) is 7.41. The van der Waals surface area contributed by atoms with Gasteiger partial charge in [-0.25, -0.2) is 8.42 Å². The van der Waals surface area contributed by atoms with E-state index in [-0.39, 0.29) is 11.1 Å². The van der Waals surface area contributed by atoms with Gasteiger partial charge in [0.05, 0.1) is 0 Å². The Morgan fingerprint density at radius 1 is 1.15 bits per heavy atom. The maximum Gasteiger partial charge on any atom is 0.296 e. The second-order valence-corrected chi connectivity index (χ2v) is 8.02. The molecular weight excluding hydrogens is 298 g/mol.